The summed E-state index contributed by atoms with van der Waals surface area (Å²) in [7, 11) is 1.86. The van der Waals surface area contributed by atoms with Crippen LogP contribution in [0.25, 0.3) is 0 Å². The standard InChI is InChI=1S/C29H43F2N3O2/c1-17-8-11-29(16-36-3)18(12-17)4-5-20-21-6-7-23(28(21,2)10-9-22(20)29)26(35)15-34(33)25-14-19(30)13-24(31)27(25)32/h13-14,17-18,20-23H,4-12,15-16,32-33H2,1-3H3. The summed E-state index contributed by atoms with van der Waals surface area (Å²) in [5.74, 6) is 7.89. The third-order valence-corrected chi connectivity index (χ3v) is 11.1. The van der Waals surface area contributed by atoms with Gasteiger partial charge >= 0.3 is 0 Å². The minimum atomic E-state index is -0.864. The maximum atomic E-state index is 14.0. The van der Waals surface area contributed by atoms with Gasteiger partial charge in [-0.2, -0.15) is 0 Å². The lowest BCUT2D eigenvalue weighted by Gasteiger charge is -2.62. The zero-order chi connectivity index (χ0) is 25.8. The lowest BCUT2D eigenvalue weighted by molar-refractivity contribution is -0.154. The van der Waals surface area contributed by atoms with E-state index in [1.807, 2.05) is 7.11 Å². The third-order valence-electron chi connectivity index (χ3n) is 11.1. The number of nitrogens with two attached hydrogens (primary N) is 2. The Labute approximate surface area is 214 Å². The number of hydrogen-bond acceptors (Lipinski definition) is 5. The number of halogens is 2. The van der Waals surface area contributed by atoms with Crippen molar-refractivity contribution in [1.82, 2.24) is 0 Å². The van der Waals surface area contributed by atoms with Gasteiger partial charge in [0.25, 0.3) is 0 Å². The summed E-state index contributed by atoms with van der Waals surface area (Å²) < 4.78 is 33.7. The molecule has 1 aromatic carbocycles. The largest absolute Gasteiger partial charge is 0.395 e. The zero-order valence-corrected chi connectivity index (χ0v) is 22.1. The number of benzene rings is 1. The number of methoxy groups -OCH3 is 1. The van der Waals surface area contributed by atoms with E-state index < -0.39 is 11.6 Å². The van der Waals surface area contributed by atoms with Gasteiger partial charge in [0.05, 0.1) is 24.5 Å². The Morgan fingerprint density at radius 1 is 1.11 bits per heavy atom. The Morgan fingerprint density at radius 3 is 2.64 bits per heavy atom. The van der Waals surface area contributed by atoms with Gasteiger partial charge in [-0.25, -0.2) is 14.6 Å². The Balaban J connectivity index is 1.34. The van der Waals surface area contributed by atoms with Crippen molar-refractivity contribution < 1.29 is 18.3 Å². The first-order valence-electron chi connectivity index (χ1n) is 13.9. The van der Waals surface area contributed by atoms with Gasteiger partial charge < -0.3 is 15.5 Å². The summed E-state index contributed by atoms with van der Waals surface area (Å²) in [6.45, 7) is 5.49. The molecule has 4 fully saturated rings. The average molecular weight is 504 g/mol. The van der Waals surface area contributed by atoms with Crippen molar-refractivity contribution in [3.05, 3.63) is 23.8 Å². The quantitative estimate of drug-likeness (QED) is 0.295. The molecule has 200 valence electrons. The number of ether oxygens (including phenoxy) is 1. The number of hydrazine groups is 1. The van der Waals surface area contributed by atoms with Crippen LogP contribution in [0.2, 0.25) is 0 Å². The molecule has 4 aliphatic carbocycles. The Kier molecular flexibility index (Phi) is 6.86. The molecule has 36 heavy (non-hydrogen) atoms. The number of fused-ring (bicyclic) bond motifs is 5. The first-order valence-corrected chi connectivity index (χ1v) is 13.9. The van der Waals surface area contributed by atoms with Gasteiger partial charge in [0.1, 0.15) is 5.82 Å². The van der Waals surface area contributed by atoms with Crippen molar-refractivity contribution in [3.63, 3.8) is 0 Å². The van der Waals surface area contributed by atoms with Crippen molar-refractivity contribution in [2.75, 3.05) is 31.0 Å². The normalized spacial score (nSPS) is 39.7. The van der Waals surface area contributed by atoms with E-state index in [0.717, 1.165) is 61.3 Å². The van der Waals surface area contributed by atoms with Gasteiger partial charge in [0, 0.05) is 25.2 Å². The van der Waals surface area contributed by atoms with Crippen LogP contribution >= 0.6 is 0 Å². The van der Waals surface area contributed by atoms with Crippen molar-refractivity contribution in [2.24, 2.45) is 52.2 Å². The summed E-state index contributed by atoms with van der Waals surface area (Å²) in [6, 6.07) is 1.82. The van der Waals surface area contributed by atoms with Crippen LogP contribution in [0.15, 0.2) is 12.1 Å². The summed E-state index contributed by atoms with van der Waals surface area (Å²) in [5.41, 5.74) is 5.83. The maximum absolute atomic E-state index is 14.0. The number of carbonyl (C=O) groups is 1. The van der Waals surface area contributed by atoms with Gasteiger partial charge in [0.2, 0.25) is 0 Å². The minimum Gasteiger partial charge on any atom is -0.395 e. The lowest BCUT2D eigenvalue weighted by Crippen LogP contribution is -2.56. The molecule has 4 saturated carbocycles. The second kappa shape index (κ2) is 9.54. The van der Waals surface area contributed by atoms with Gasteiger partial charge in [-0.05, 0) is 91.8 Å². The predicted molar refractivity (Wildman–Crippen MR) is 138 cm³/mol. The molecule has 1 aromatic rings. The Bertz CT molecular complexity index is 1000. The number of nitrogens with zero attached hydrogens (tertiary/aromatic N) is 1. The molecular formula is C29H43F2N3O2. The van der Waals surface area contributed by atoms with Crippen LogP contribution in [0.4, 0.5) is 20.2 Å². The number of rotatable bonds is 6. The van der Waals surface area contributed by atoms with Crippen LogP contribution in [-0.2, 0) is 9.53 Å². The van der Waals surface area contributed by atoms with E-state index in [0.29, 0.717) is 23.2 Å². The second-order valence-corrected chi connectivity index (χ2v) is 12.8. The molecule has 0 spiro atoms. The van der Waals surface area contributed by atoms with E-state index in [2.05, 4.69) is 13.8 Å². The molecular weight excluding hydrogens is 460 g/mol. The van der Waals surface area contributed by atoms with Crippen LogP contribution in [0.5, 0.6) is 0 Å². The zero-order valence-electron chi connectivity index (χ0n) is 22.1. The number of hydrogen-bond donors (Lipinski definition) is 2. The van der Waals surface area contributed by atoms with E-state index in [-0.39, 0.29) is 35.0 Å². The molecule has 5 rings (SSSR count). The van der Waals surface area contributed by atoms with Gasteiger partial charge in [-0.15, -0.1) is 0 Å². The summed E-state index contributed by atoms with van der Waals surface area (Å²) >= 11 is 0. The number of nitrogen functional groups attached to an aromatic ring is 1. The van der Waals surface area contributed by atoms with Crippen LogP contribution in [0.3, 0.4) is 0 Å². The molecule has 0 heterocycles. The minimum absolute atomic E-state index is 0.0237. The molecule has 0 aromatic heterocycles. The molecule has 8 unspecified atom stereocenters. The van der Waals surface area contributed by atoms with Gasteiger partial charge in [-0.3, -0.25) is 4.79 Å². The topological polar surface area (TPSA) is 81.6 Å². The molecule has 5 nitrogen and oxygen atoms in total. The second-order valence-electron chi connectivity index (χ2n) is 12.8. The molecule has 7 heteroatoms. The molecule has 8 atom stereocenters. The third kappa shape index (κ3) is 4.05. The summed E-state index contributed by atoms with van der Waals surface area (Å²) in [4.78, 5) is 13.6. The Morgan fingerprint density at radius 2 is 1.89 bits per heavy atom. The monoisotopic (exact) mass is 503 g/mol. The fourth-order valence-electron chi connectivity index (χ4n) is 9.52. The van der Waals surface area contributed by atoms with Gasteiger partial charge in [0.15, 0.2) is 11.6 Å². The summed E-state index contributed by atoms with van der Waals surface area (Å²) in [5, 5.41) is 1.12. The number of Topliss-reactive ketones (excluding diaryl/α,β-unsaturated/α-hetero) is 1. The van der Waals surface area contributed by atoms with E-state index in [1.165, 1.54) is 32.1 Å². The van der Waals surface area contributed by atoms with E-state index in [1.54, 1.807) is 0 Å². The van der Waals surface area contributed by atoms with Gasteiger partial charge in [-0.1, -0.05) is 20.3 Å². The highest BCUT2D eigenvalue weighted by molar-refractivity contribution is 5.87. The number of anilines is 2. The van der Waals surface area contributed by atoms with E-state index in [9.17, 15) is 13.6 Å². The number of carbonyl (C=O) groups excluding carboxylic acids is 1. The fourth-order valence-corrected chi connectivity index (χ4v) is 9.52. The predicted octanol–water partition coefficient (Wildman–Crippen LogP) is 5.72. The lowest BCUT2D eigenvalue weighted by atomic mass is 9.44. The first kappa shape index (κ1) is 25.9. The molecule has 0 aliphatic heterocycles. The molecule has 0 radical (unpaired) electrons. The van der Waals surface area contributed by atoms with Crippen LogP contribution in [-0.4, -0.2) is 26.0 Å². The van der Waals surface area contributed by atoms with Crippen molar-refractivity contribution >= 4 is 17.2 Å². The highest BCUT2D eigenvalue weighted by atomic mass is 19.1. The van der Waals surface area contributed by atoms with Crippen molar-refractivity contribution in [3.8, 4) is 0 Å². The molecule has 0 saturated heterocycles. The summed E-state index contributed by atoms with van der Waals surface area (Å²) in [6.07, 6.45) is 10.6. The number of ketones is 1. The highest BCUT2D eigenvalue weighted by Crippen LogP contribution is 2.68. The fraction of sp³-hybridized carbons (Fsp3) is 0.759. The van der Waals surface area contributed by atoms with Crippen LogP contribution in [0.1, 0.15) is 71.6 Å². The van der Waals surface area contributed by atoms with E-state index in [4.69, 9.17) is 16.3 Å². The van der Waals surface area contributed by atoms with E-state index >= 15 is 0 Å². The molecule has 4 N–H and O–H groups in total. The van der Waals surface area contributed by atoms with Crippen LogP contribution < -0.4 is 16.6 Å². The highest BCUT2D eigenvalue weighted by Gasteiger charge is 2.62. The smallest absolute Gasteiger partial charge is 0.157 e. The molecule has 0 amide bonds. The molecule has 0 bridgehead atoms. The van der Waals surface area contributed by atoms with Crippen molar-refractivity contribution in [1.29, 1.82) is 0 Å². The molecule has 4 aliphatic rings. The van der Waals surface area contributed by atoms with Crippen LogP contribution in [0, 0.1) is 58.0 Å². The average Bonchev–Trinajstić information content (AvgIpc) is 3.19. The SMILES string of the molecule is COCC12CCC(C)CC1CCC1C3CCC(C(=O)CN(N)c4cc(F)cc(F)c4N)C3(C)CCC12. The van der Waals surface area contributed by atoms with Crippen molar-refractivity contribution in [2.45, 2.75) is 71.6 Å². The maximum Gasteiger partial charge on any atom is 0.157 e. The first-order chi connectivity index (χ1) is 17.1. The Hall–Kier alpha value is -1.73.